The fourth-order valence-electron chi connectivity index (χ4n) is 3.57. The van der Waals surface area contributed by atoms with E-state index in [1.807, 2.05) is 26.0 Å². The largest absolute Gasteiger partial charge is 0.461 e. The molecule has 2 aliphatic heterocycles. The molecule has 1 aliphatic carbocycles. The molecule has 0 bridgehead atoms. The fraction of sp³-hybridized carbons (Fsp3) is 0.600. The van der Waals surface area contributed by atoms with Crippen molar-refractivity contribution in [3.63, 3.8) is 0 Å². The van der Waals surface area contributed by atoms with Gasteiger partial charge in [-0.15, -0.1) is 0 Å². The molecule has 0 atom stereocenters. The van der Waals surface area contributed by atoms with Crippen LogP contribution in [0.5, 0.6) is 0 Å². The number of hydrogen-bond donors (Lipinski definition) is 0. The standard InChI is InChI=1S/C20H28N2O5/c1-20(2)14-15-8-7-12-25-16(15)17(20)27-19(24)21(3)18(23)26-13-11-22-9-5-4-6-10-22/h7-8,12H,4-6,9-11,13-14H2,1-3H3. The molecular formula is C20H28N2O5. The van der Waals surface area contributed by atoms with E-state index in [4.69, 9.17) is 14.2 Å². The first-order chi connectivity index (χ1) is 12.9. The molecule has 148 valence electrons. The van der Waals surface area contributed by atoms with Crippen molar-refractivity contribution in [1.82, 2.24) is 9.80 Å². The highest BCUT2D eigenvalue weighted by atomic mass is 16.6. The zero-order chi connectivity index (χ0) is 19.4. The van der Waals surface area contributed by atoms with Crippen molar-refractivity contribution in [2.45, 2.75) is 39.5 Å². The molecule has 0 unspecified atom stereocenters. The third-order valence-corrected chi connectivity index (χ3v) is 5.13. The van der Waals surface area contributed by atoms with Gasteiger partial charge in [0.2, 0.25) is 0 Å². The second-order valence-electron chi connectivity index (χ2n) is 7.80. The molecule has 0 aromatic rings. The number of likely N-dealkylation sites (tertiary alicyclic amines) is 1. The highest BCUT2D eigenvalue weighted by Gasteiger charge is 2.41. The van der Waals surface area contributed by atoms with Crippen LogP contribution in [-0.4, -0.2) is 55.3 Å². The third kappa shape index (κ3) is 4.53. The Morgan fingerprint density at radius 3 is 2.70 bits per heavy atom. The van der Waals surface area contributed by atoms with Crippen molar-refractivity contribution < 1.29 is 23.8 Å². The van der Waals surface area contributed by atoms with Gasteiger partial charge in [0.25, 0.3) is 0 Å². The van der Waals surface area contributed by atoms with Crippen LogP contribution in [0.2, 0.25) is 0 Å². The van der Waals surface area contributed by atoms with Crippen molar-refractivity contribution in [3.05, 3.63) is 35.5 Å². The van der Waals surface area contributed by atoms with E-state index in [0.29, 0.717) is 24.5 Å². The highest BCUT2D eigenvalue weighted by molar-refractivity contribution is 5.87. The molecule has 0 spiro atoms. The van der Waals surface area contributed by atoms with Crippen molar-refractivity contribution in [2.24, 2.45) is 5.41 Å². The number of ether oxygens (including phenoxy) is 3. The number of hydrogen-bond acceptors (Lipinski definition) is 6. The molecule has 2 heterocycles. The maximum atomic E-state index is 12.4. The minimum absolute atomic E-state index is 0.261. The first-order valence-electron chi connectivity index (χ1n) is 9.50. The summed E-state index contributed by atoms with van der Waals surface area (Å²) in [5.74, 6) is 0.999. The van der Waals surface area contributed by atoms with E-state index in [-0.39, 0.29) is 12.0 Å². The Kier molecular flexibility index (Phi) is 5.89. The Morgan fingerprint density at radius 1 is 1.22 bits per heavy atom. The van der Waals surface area contributed by atoms with Gasteiger partial charge in [0, 0.05) is 19.0 Å². The number of nitrogens with zero attached hydrogens (tertiary/aromatic N) is 2. The summed E-state index contributed by atoms with van der Waals surface area (Å²) < 4.78 is 16.3. The smallest absolute Gasteiger partial charge is 0.424 e. The lowest BCUT2D eigenvalue weighted by Gasteiger charge is -2.26. The van der Waals surface area contributed by atoms with Crippen LogP contribution >= 0.6 is 0 Å². The van der Waals surface area contributed by atoms with Crippen LogP contribution in [0.3, 0.4) is 0 Å². The van der Waals surface area contributed by atoms with Gasteiger partial charge in [0.1, 0.15) is 6.61 Å². The quantitative estimate of drug-likeness (QED) is 0.744. The Hall–Kier alpha value is -2.28. The number of fused-ring (bicyclic) bond motifs is 1. The lowest BCUT2D eigenvalue weighted by atomic mass is 9.90. The van der Waals surface area contributed by atoms with E-state index < -0.39 is 12.2 Å². The predicted molar refractivity (Wildman–Crippen MR) is 99.6 cm³/mol. The number of carbonyl (C=O) groups is 2. The molecule has 27 heavy (non-hydrogen) atoms. The van der Waals surface area contributed by atoms with E-state index in [1.54, 1.807) is 6.26 Å². The first-order valence-corrected chi connectivity index (χ1v) is 9.50. The molecule has 0 aromatic carbocycles. The molecule has 2 amide bonds. The molecule has 0 radical (unpaired) electrons. The zero-order valence-corrected chi connectivity index (χ0v) is 16.3. The molecule has 7 heteroatoms. The van der Waals surface area contributed by atoms with Crippen LogP contribution in [0.1, 0.15) is 39.5 Å². The van der Waals surface area contributed by atoms with Gasteiger partial charge in [-0.25, -0.2) is 14.5 Å². The van der Waals surface area contributed by atoms with Crippen LogP contribution in [0, 0.1) is 5.41 Å². The number of carbonyl (C=O) groups excluding carboxylic acids is 2. The van der Waals surface area contributed by atoms with Crippen LogP contribution in [0.15, 0.2) is 35.5 Å². The minimum Gasteiger partial charge on any atom is -0.461 e. The third-order valence-electron chi connectivity index (χ3n) is 5.13. The minimum atomic E-state index is -0.770. The van der Waals surface area contributed by atoms with E-state index in [2.05, 4.69) is 4.90 Å². The second-order valence-corrected chi connectivity index (χ2v) is 7.80. The van der Waals surface area contributed by atoms with Gasteiger partial charge >= 0.3 is 12.2 Å². The topological polar surface area (TPSA) is 68.3 Å². The number of piperidine rings is 1. The molecule has 0 aromatic heterocycles. The molecule has 0 N–H and O–H groups in total. The van der Waals surface area contributed by atoms with Gasteiger partial charge in [-0.3, -0.25) is 4.90 Å². The molecule has 3 rings (SSSR count). The molecule has 1 fully saturated rings. The fourth-order valence-corrected chi connectivity index (χ4v) is 3.57. The molecule has 0 saturated carbocycles. The summed E-state index contributed by atoms with van der Waals surface area (Å²) in [5.41, 5.74) is 0.596. The van der Waals surface area contributed by atoms with Crippen LogP contribution in [-0.2, 0) is 14.2 Å². The summed E-state index contributed by atoms with van der Waals surface area (Å²) in [6, 6.07) is 0. The van der Waals surface area contributed by atoms with Crippen LogP contribution in [0.4, 0.5) is 9.59 Å². The lowest BCUT2D eigenvalue weighted by Crippen LogP contribution is -2.38. The van der Waals surface area contributed by atoms with Crippen molar-refractivity contribution >= 4 is 12.2 Å². The van der Waals surface area contributed by atoms with Gasteiger partial charge in [0.05, 0.1) is 6.26 Å². The van der Waals surface area contributed by atoms with Crippen molar-refractivity contribution in [3.8, 4) is 0 Å². The summed E-state index contributed by atoms with van der Waals surface area (Å²) in [6.45, 7) is 6.96. The van der Waals surface area contributed by atoms with Crippen molar-refractivity contribution in [2.75, 3.05) is 33.3 Å². The average molecular weight is 376 g/mol. The monoisotopic (exact) mass is 376 g/mol. The van der Waals surface area contributed by atoms with Crippen molar-refractivity contribution in [1.29, 1.82) is 0 Å². The maximum Gasteiger partial charge on any atom is 0.424 e. The SMILES string of the molecule is CN(C(=O)OCCN1CCCCC1)C(=O)OC1=C2OC=CC=C2CC1(C)C. The van der Waals surface area contributed by atoms with Crippen LogP contribution < -0.4 is 0 Å². The van der Waals surface area contributed by atoms with Gasteiger partial charge in [-0.2, -0.15) is 0 Å². The average Bonchev–Trinajstić information content (AvgIpc) is 2.91. The normalized spacial score (nSPS) is 21.2. The van der Waals surface area contributed by atoms with Crippen LogP contribution in [0.25, 0.3) is 0 Å². The van der Waals surface area contributed by atoms with E-state index in [1.165, 1.54) is 26.3 Å². The Balaban J connectivity index is 1.53. The number of amides is 2. The zero-order valence-electron chi connectivity index (χ0n) is 16.3. The van der Waals surface area contributed by atoms with E-state index in [0.717, 1.165) is 23.6 Å². The molecule has 3 aliphatic rings. The summed E-state index contributed by atoms with van der Waals surface area (Å²) in [4.78, 5) is 27.7. The number of allylic oxidation sites excluding steroid dienone is 4. The Morgan fingerprint density at radius 2 is 1.96 bits per heavy atom. The van der Waals surface area contributed by atoms with Gasteiger partial charge in [0.15, 0.2) is 11.5 Å². The maximum absolute atomic E-state index is 12.4. The van der Waals surface area contributed by atoms with Gasteiger partial charge in [-0.05, 0) is 44.0 Å². The van der Waals surface area contributed by atoms with E-state index >= 15 is 0 Å². The Labute approximate surface area is 160 Å². The summed E-state index contributed by atoms with van der Waals surface area (Å²) in [5, 5.41) is 0. The molecule has 1 saturated heterocycles. The Bertz CT molecular complexity index is 686. The summed E-state index contributed by atoms with van der Waals surface area (Å²) >= 11 is 0. The second kappa shape index (κ2) is 8.17. The molecular weight excluding hydrogens is 348 g/mol. The van der Waals surface area contributed by atoms with E-state index in [9.17, 15) is 9.59 Å². The van der Waals surface area contributed by atoms with Gasteiger partial charge < -0.3 is 14.2 Å². The molecule has 7 nitrogen and oxygen atoms in total. The summed E-state index contributed by atoms with van der Waals surface area (Å²) in [6.07, 6.45) is 8.15. The number of imide groups is 1. The number of rotatable bonds is 4. The summed E-state index contributed by atoms with van der Waals surface area (Å²) in [7, 11) is 1.36. The highest BCUT2D eigenvalue weighted by Crippen LogP contribution is 2.47. The predicted octanol–water partition coefficient (Wildman–Crippen LogP) is 3.79. The van der Waals surface area contributed by atoms with Gasteiger partial charge in [-0.1, -0.05) is 26.3 Å². The first kappa shape index (κ1) is 19.5. The lowest BCUT2D eigenvalue weighted by molar-refractivity contribution is 0.0786.